The van der Waals surface area contributed by atoms with Crippen molar-refractivity contribution in [1.29, 1.82) is 0 Å². The zero-order chi connectivity index (χ0) is 15.1. The lowest BCUT2D eigenvalue weighted by Crippen LogP contribution is -2.26. The molecule has 1 N–H and O–H groups in total. The second kappa shape index (κ2) is 5.30. The Kier molecular flexibility index (Phi) is 3.28. The summed E-state index contributed by atoms with van der Waals surface area (Å²) < 4.78 is 10.7. The molecular formula is C17H21N3O2. The summed E-state index contributed by atoms with van der Waals surface area (Å²) in [5.41, 5.74) is 1.64. The minimum Gasteiger partial charge on any atom is -0.493 e. The standard InChI is InChI=1S/C17H21N3O2/c1-21-15-7-13-14(8-16(15)22-2)20-17(9-18-13)19-12-6-10-3-4-11(12)5-10/h7-12H,3-6H2,1-2H3,(H,19,20)/t10-,11+,12+/m0/s1. The van der Waals surface area contributed by atoms with Gasteiger partial charge in [0.05, 0.1) is 31.4 Å². The molecule has 2 saturated carbocycles. The van der Waals surface area contributed by atoms with Crippen LogP contribution in [0.4, 0.5) is 5.82 Å². The van der Waals surface area contributed by atoms with Gasteiger partial charge in [0, 0.05) is 18.2 Å². The van der Waals surface area contributed by atoms with Crippen LogP contribution in [0.3, 0.4) is 0 Å². The van der Waals surface area contributed by atoms with Crippen LogP contribution in [0.5, 0.6) is 11.5 Å². The lowest BCUT2D eigenvalue weighted by atomic mass is 9.95. The first-order chi connectivity index (χ1) is 10.8. The van der Waals surface area contributed by atoms with E-state index in [0.717, 1.165) is 28.7 Å². The molecule has 5 nitrogen and oxygen atoms in total. The molecule has 0 saturated heterocycles. The Hall–Kier alpha value is -2.04. The van der Waals surface area contributed by atoms with E-state index >= 15 is 0 Å². The quantitative estimate of drug-likeness (QED) is 0.939. The molecule has 1 heterocycles. The molecule has 116 valence electrons. The van der Waals surface area contributed by atoms with E-state index in [0.29, 0.717) is 17.5 Å². The predicted octanol–water partition coefficient (Wildman–Crippen LogP) is 3.25. The zero-order valence-electron chi connectivity index (χ0n) is 13.0. The Bertz CT molecular complexity index is 704. The molecule has 5 heteroatoms. The minimum atomic E-state index is 0.561. The SMILES string of the molecule is COc1cc2ncc(N[C@@H]3C[C@H]4CC[C@@H]3C4)nc2cc1OC. The summed E-state index contributed by atoms with van der Waals surface area (Å²) in [4.78, 5) is 9.21. The van der Waals surface area contributed by atoms with Crippen molar-refractivity contribution in [2.45, 2.75) is 31.7 Å². The van der Waals surface area contributed by atoms with E-state index in [-0.39, 0.29) is 0 Å². The molecule has 4 rings (SSSR count). The van der Waals surface area contributed by atoms with Crippen LogP contribution in [0.2, 0.25) is 0 Å². The van der Waals surface area contributed by atoms with Gasteiger partial charge in [-0.05, 0) is 31.1 Å². The van der Waals surface area contributed by atoms with E-state index in [1.165, 1.54) is 25.7 Å². The number of ether oxygens (including phenoxy) is 2. The molecular weight excluding hydrogens is 278 g/mol. The van der Waals surface area contributed by atoms with Crippen LogP contribution in [0, 0.1) is 11.8 Å². The van der Waals surface area contributed by atoms with Gasteiger partial charge in [-0.15, -0.1) is 0 Å². The fourth-order valence-electron chi connectivity index (χ4n) is 4.02. The number of nitrogens with zero attached hydrogens (tertiary/aromatic N) is 2. The zero-order valence-corrected chi connectivity index (χ0v) is 13.0. The molecule has 0 aliphatic heterocycles. The van der Waals surface area contributed by atoms with E-state index < -0.39 is 0 Å². The van der Waals surface area contributed by atoms with Gasteiger partial charge in [0.1, 0.15) is 5.82 Å². The largest absolute Gasteiger partial charge is 0.493 e. The summed E-state index contributed by atoms with van der Waals surface area (Å²) >= 11 is 0. The first-order valence-corrected chi connectivity index (χ1v) is 7.92. The highest BCUT2D eigenvalue weighted by atomic mass is 16.5. The van der Waals surface area contributed by atoms with Crippen molar-refractivity contribution >= 4 is 16.9 Å². The molecule has 0 radical (unpaired) electrons. The number of methoxy groups -OCH3 is 2. The van der Waals surface area contributed by atoms with Gasteiger partial charge in [-0.1, -0.05) is 6.42 Å². The Labute approximate surface area is 130 Å². The molecule has 0 unspecified atom stereocenters. The maximum absolute atomic E-state index is 5.34. The van der Waals surface area contributed by atoms with Crippen LogP contribution in [0.25, 0.3) is 11.0 Å². The second-order valence-corrected chi connectivity index (χ2v) is 6.38. The van der Waals surface area contributed by atoms with Crippen LogP contribution in [0.15, 0.2) is 18.3 Å². The molecule has 2 aromatic rings. The minimum absolute atomic E-state index is 0.561. The van der Waals surface area contributed by atoms with Crippen LogP contribution in [-0.2, 0) is 0 Å². The first kappa shape index (κ1) is 13.6. The monoisotopic (exact) mass is 299 g/mol. The van der Waals surface area contributed by atoms with Gasteiger partial charge in [-0.2, -0.15) is 0 Å². The highest BCUT2D eigenvalue weighted by Crippen LogP contribution is 2.45. The van der Waals surface area contributed by atoms with Crippen molar-refractivity contribution in [2.75, 3.05) is 19.5 Å². The Morgan fingerprint density at radius 2 is 1.82 bits per heavy atom. The number of aromatic nitrogens is 2. The highest BCUT2D eigenvalue weighted by molar-refractivity contribution is 5.80. The van der Waals surface area contributed by atoms with Crippen molar-refractivity contribution in [1.82, 2.24) is 9.97 Å². The summed E-state index contributed by atoms with van der Waals surface area (Å²) in [6, 6.07) is 4.31. The van der Waals surface area contributed by atoms with E-state index in [1.54, 1.807) is 14.2 Å². The molecule has 3 atom stereocenters. The third-order valence-electron chi connectivity index (χ3n) is 5.12. The molecule has 2 aliphatic rings. The van der Waals surface area contributed by atoms with Gasteiger partial charge < -0.3 is 14.8 Å². The number of nitrogens with one attached hydrogen (secondary N) is 1. The van der Waals surface area contributed by atoms with Crippen molar-refractivity contribution in [3.05, 3.63) is 18.3 Å². The third-order valence-corrected chi connectivity index (χ3v) is 5.12. The summed E-state index contributed by atoms with van der Waals surface area (Å²) in [6.45, 7) is 0. The van der Waals surface area contributed by atoms with E-state index in [4.69, 9.17) is 14.5 Å². The van der Waals surface area contributed by atoms with E-state index in [1.807, 2.05) is 18.3 Å². The van der Waals surface area contributed by atoms with Crippen LogP contribution in [0.1, 0.15) is 25.7 Å². The topological polar surface area (TPSA) is 56.3 Å². The summed E-state index contributed by atoms with van der Waals surface area (Å²) in [7, 11) is 3.26. The molecule has 2 aliphatic carbocycles. The second-order valence-electron chi connectivity index (χ2n) is 6.38. The first-order valence-electron chi connectivity index (χ1n) is 7.92. The molecule has 2 fully saturated rings. The Morgan fingerprint density at radius 3 is 2.45 bits per heavy atom. The molecule has 0 spiro atoms. The number of hydrogen-bond donors (Lipinski definition) is 1. The number of benzene rings is 1. The number of hydrogen-bond acceptors (Lipinski definition) is 5. The normalized spacial score (nSPS) is 26.4. The van der Waals surface area contributed by atoms with E-state index in [9.17, 15) is 0 Å². The Morgan fingerprint density at radius 1 is 1.05 bits per heavy atom. The van der Waals surface area contributed by atoms with Crippen LogP contribution in [-0.4, -0.2) is 30.2 Å². The third kappa shape index (κ3) is 2.25. The van der Waals surface area contributed by atoms with Crippen molar-refractivity contribution in [3.63, 3.8) is 0 Å². The maximum atomic E-state index is 5.34. The lowest BCUT2D eigenvalue weighted by molar-refractivity contribution is 0.355. The average Bonchev–Trinajstić information content (AvgIpc) is 3.16. The molecule has 2 bridgehead atoms. The summed E-state index contributed by atoms with van der Waals surface area (Å²) in [5, 5.41) is 3.58. The van der Waals surface area contributed by atoms with Crippen molar-refractivity contribution < 1.29 is 9.47 Å². The number of rotatable bonds is 4. The lowest BCUT2D eigenvalue weighted by Gasteiger charge is -2.23. The molecule has 1 aromatic heterocycles. The van der Waals surface area contributed by atoms with Gasteiger partial charge in [-0.25, -0.2) is 4.98 Å². The van der Waals surface area contributed by atoms with Gasteiger partial charge in [0.25, 0.3) is 0 Å². The highest BCUT2D eigenvalue weighted by Gasteiger charge is 2.39. The maximum Gasteiger partial charge on any atom is 0.163 e. The average molecular weight is 299 g/mol. The fourth-order valence-corrected chi connectivity index (χ4v) is 4.02. The van der Waals surface area contributed by atoms with E-state index in [2.05, 4.69) is 10.3 Å². The van der Waals surface area contributed by atoms with Crippen molar-refractivity contribution in [2.24, 2.45) is 11.8 Å². The summed E-state index contributed by atoms with van der Waals surface area (Å²) in [6.07, 6.45) is 7.23. The molecule has 0 amide bonds. The van der Waals surface area contributed by atoms with Gasteiger partial charge in [-0.3, -0.25) is 4.98 Å². The number of anilines is 1. The fraction of sp³-hybridized carbons (Fsp3) is 0.529. The van der Waals surface area contributed by atoms with Gasteiger partial charge >= 0.3 is 0 Å². The van der Waals surface area contributed by atoms with Gasteiger partial charge in [0.2, 0.25) is 0 Å². The smallest absolute Gasteiger partial charge is 0.163 e. The van der Waals surface area contributed by atoms with Crippen molar-refractivity contribution in [3.8, 4) is 11.5 Å². The Balaban J connectivity index is 1.62. The molecule has 1 aromatic carbocycles. The van der Waals surface area contributed by atoms with Crippen LogP contribution < -0.4 is 14.8 Å². The summed E-state index contributed by atoms with van der Waals surface area (Å²) in [5.74, 6) is 3.95. The van der Waals surface area contributed by atoms with Crippen LogP contribution >= 0.6 is 0 Å². The number of fused-ring (bicyclic) bond motifs is 3. The molecule has 22 heavy (non-hydrogen) atoms. The predicted molar refractivity (Wildman–Crippen MR) is 85.5 cm³/mol. The van der Waals surface area contributed by atoms with Gasteiger partial charge in [0.15, 0.2) is 11.5 Å².